The van der Waals surface area contributed by atoms with Crippen molar-refractivity contribution in [3.63, 3.8) is 0 Å². The summed E-state index contributed by atoms with van der Waals surface area (Å²) >= 11 is 5.91. The monoisotopic (exact) mass is 279 g/mol. The van der Waals surface area contributed by atoms with Crippen molar-refractivity contribution in [3.05, 3.63) is 59.0 Å². The minimum absolute atomic E-state index is 0.199. The van der Waals surface area contributed by atoms with E-state index in [9.17, 15) is 0 Å². The molecular weight excluding hydrogens is 262 g/mol. The van der Waals surface area contributed by atoms with Gasteiger partial charge in [0.2, 0.25) is 0 Å². The second-order valence-corrected chi connectivity index (χ2v) is 4.81. The fourth-order valence-electron chi connectivity index (χ4n) is 1.80. The Morgan fingerprint density at radius 3 is 2.95 bits per heavy atom. The van der Waals surface area contributed by atoms with Gasteiger partial charge < -0.3 is 14.5 Å². The summed E-state index contributed by atoms with van der Waals surface area (Å²) in [6.07, 6.45) is 1.68. The van der Waals surface area contributed by atoms with Gasteiger partial charge in [0.25, 0.3) is 0 Å². The molecule has 1 heterocycles. The van der Waals surface area contributed by atoms with E-state index in [-0.39, 0.29) is 6.04 Å². The third-order valence-corrected chi connectivity index (χ3v) is 3.06. The Balaban J connectivity index is 1.62. The smallest absolute Gasteiger partial charge is 0.120 e. The molecule has 3 nitrogen and oxygen atoms in total. The van der Waals surface area contributed by atoms with Gasteiger partial charge in [0.05, 0.1) is 25.5 Å². The largest absolute Gasteiger partial charge is 0.468 e. The highest BCUT2D eigenvalue weighted by Crippen LogP contribution is 2.12. The van der Waals surface area contributed by atoms with Crippen molar-refractivity contribution in [2.45, 2.75) is 19.6 Å². The Bertz CT molecular complexity index is 485. The molecule has 1 atom stereocenters. The van der Waals surface area contributed by atoms with Crippen LogP contribution in [0.3, 0.4) is 0 Å². The maximum atomic E-state index is 5.91. The third kappa shape index (κ3) is 4.71. The molecular formula is C15H18ClNO2. The molecule has 0 saturated heterocycles. The number of halogens is 1. The molecule has 0 saturated carbocycles. The molecule has 2 aromatic rings. The zero-order valence-corrected chi connectivity index (χ0v) is 11.7. The zero-order valence-electron chi connectivity index (χ0n) is 10.9. The highest BCUT2D eigenvalue weighted by atomic mass is 35.5. The van der Waals surface area contributed by atoms with Crippen molar-refractivity contribution < 1.29 is 9.15 Å². The van der Waals surface area contributed by atoms with Crippen LogP contribution in [0.1, 0.15) is 24.3 Å². The molecule has 0 radical (unpaired) electrons. The quantitative estimate of drug-likeness (QED) is 0.783. The van der Waals surface area contributed by atoms with Gasteiger partial charge in [0, 0.05) is 11.6 Å². The summed E-state index contributed by atoms with van der Waals surface area (Å²) in [5.74, 6) is 0.940. The number of benzene rings is 1. The summed E-state index contributed by atoms with van der Waals surface area (Å²) in [7, 11) is 0. The predicted octanol–water partition coefficient (Wildman–Crippen LogP) is 3.80. The van der Waals surface area contributed by atoms with Crippen molar-refractivity contribution in [2.75, 3.05) is 13.2 Å². The Morgan fingerprint density at radius 2 is 2.21 bits per heavy atom. The minimum Gasteiger partial charge on any atom is -0.468 e. The van der Waals surface area contributed by atoms with E-state index in [4.69, 9.17) is 20.8 Å². The second-order valence-electron chi connectivity index (χ2n) is 4.37. The van der Waals surface area contributed by atoms with Gasteiger partial charge in [-0.25, -0.2) is 0 Å². The first-order valence-corrected chi connectivity index (χ1v) is 6.72. The third-order valence-electron chi connectivity index (χ3n) is 2.82. The van der Waals surface area contributed by atoms with Gasteiger partial charge in [-0.3, -0.25) is 0 Å². The van der Waals surface area contributed by atoms with Crippen molar-refractivity contribution >= 4 is 11.6 Å². The molecule has 102 valence electrons. The topological polar surface area (TPSA) is 34.4 Å². The molecule has 1 unspecified atom stereocenters. The molecule has 2 rings (SSSR count). The van der Waals surface area contributed by atoms with Crippen LogP contribution in [-0.2, 0) is 11.3 Å². The van der Waals surface area contributed by atoms with Crippen molar-refractivity contribution in [3.8, 4) is 0 Å². The average molecular weight is 280 g/mol. The van der Waals surface area contributed by atoms with E-state index in [0.29, 0.717) is 13.2 Å². The lowest BCUT2D eigenvalue weighted by atomic mass is 10.2. The van der Waals surface area contributed by atoms with Gasteiger partial charge >= 0.3 is 0 Å². The Hall–Kier alpha value is -1.29. The first-order valence-electron chi connectivity index (χ1n) is 6.34. The molecule has 0 amide bonds. The summed E-state index contributed by atoms with van der Waals surface area (Å²) in [4.78, 5) is 0. The first kappa shape index (κ1) is 14.1. The number of nitrogens with one attached hydrogen (secondary N) is 1. The fraction of sp³-hybridized carbons (Fsp3) is 0.333. The van der Waals surface area contributed by atoms with E-state index in [0.717, 1.165) is 22.9 Å². The molecule has 4 heteroatoms. The van der Waals surface area contributed by atoms with Gasteiger partial charge in [-0.15, -0.1) is 0 Å². The molecule has 1 aromatic heterocycles. The Kier molecular flexibility index (Phi) is 5.45. The van der Waals surface area contributed by atoms with E-state index in [1.807, 2.05) is 36.4 Å². The maximum absolute atomic E-state index is 5.91. The van der Waals surface area contributed by atoms with Gasteiger partial charge in [0.15, 0.2) is 0 Å². The highest BCUT2D eigenvalue weighted by molar-refractivity contribution is 6.30. The maximum Gasteiger partial charge on any atom is 0.120 e. The molecule has 0 aliphatic rings. The number of hydrogen-bond donors (Lipinski definition) is 1. The summed E-state index contributed by atoms with van der Waals surface area (Å²) in [5.41, 5.74) is 1.09. The summed E-state index contributed by atoms with van der Waals surface area (Å²) in [6, 6.07) is 11.8. The predicted molar refractivity (Wildman–Crippen MR) is 76.2 cm³/mol. The minimum atomic E-state index is 0.199. The molecule has 0 bridgehead atoms. The normalized spacial score (nSPS) is 12.5. The molecule has 0 fully saturated rings. The Morgan fingerprint density at radius 1 is 1.32 bits per heavy atom. The van der Waals surface area contributed by atoms with Gasteiger partial charge in [-0.05, 0) is 36.8 Å². The fourth-order valence-corrected chi connectivity index (χ4v) is 2.02. The molecule has 0 aliphatic carbocycles. The van der Waals surface area contributed by atoms with Crippen LogP contribution < -0.4 is 5.32 Å². The molecule has 1 aromatic carbocycles. The standard InChI is InChI=1S/C15H18ClNO2/c1-12(15-6-3-8-19-15)17-7-9-18-11-13-4-2-5-14(16)10-13/h2-6,8,10,12,17H,7,9,11H2,1H3. The first-order chi connectivity index (χ1) is 9.25. The number of rotatable bonds is 7. The van der Waals surface area contributed by atoms with Gasteiger partial charge in [0.1, 0.15) is 5.76 Å². The average Bonchev–Trinajstić information content (AvgIpc) is 2.92. The van der Waals surface area contributed by atoms with Crippen molar-refractivity contribution in [2.24, 2.45) is 0 Å². The van der Waals surface area contributed by atoms with Crippen LogP contribution in [0.2, 0.25) is 5.02 Å². The van der Waals surface area contributed by atoms with E-state index >= 15 is 0 Å². The van der Waals surface area contributed by atoms with E-state index in [2.05, 4.69) is 12.2 Å². The summed E-state index contributed by atoms with van der Waals surface area (Å²) < 4.78 is 10.9. The van der Waals surface area contributed by atoms with Gasteiger partial charge in [-0.1, -0.05) is 23.7 Å². The second kappa shape index (κ2) is 7.34. The zero-order chi connectivity index (χ0) is 13.5. The molecule has 0 aliphatic heterocycles. The number of ether oxygens (including phenoxy) is 1. The van der Waals surface area contributed by atoms with Crippen LogP contribution in [-0.4, -0.2) is 13.2 Å². The lowest BCUT2D eigenvalue weighted by Crippen LogP contribution is -2.22. The van der Waals surface area contributed by atoms with Crippen LogP contribution in [0, 0.1) is 0 Å². The van der Waals surface area contributed by atoms with Crippen LogP contribution in [0.4, 0.5) is 0 Å². The number of furan rings is 1. The van der Waals surface area contributed by atoms with Gasteiger partial charge in [-0.2, -0.15) is 0 Å². The van der Waals surface area contributed by atoms with Crippen molar-refractivity contribution in [1.29, 1.82) is 0 Å². The number of hydrogen-bond acceptors (Lipinski definition) is 3. The highest BCUT2D eigenvalue weighted by Gasteiger charge is 2.06. The molecule has 0 spiro atoms. The Labute approximate surface area is 118 Å². The van der Waals surface area contributed by atoms with Crippen LogP contribution in [0.15, 0.2) is 47.1 Å². The molecule has 19 heavy (non-hydrogen) atoms. The van der Waals surface area contributed by atoms with E-state index < -0.39 is 0 Å². The van der Waals surface area contributed by atoms with Crippen LogP contribution >= 0.6 is 11.6 Å². The lowest BCUT2D eigenvalue weighted by molar-refractivity contribution is 0.120. The van der Waals surface area contributed by atoms with E-state index in [1.54, 1.807) is 6.26 Å². The molecule has 1 N–H and O–H groups in total. The summed E-state index contributed by atoms with van der Waals surface area (Å²) in [6.45, 7) is 4.08. The van der Waals surface area contributed by atoms with Crippen molar-refractivity contribution in [1.82, 2.24) is 5.32 Å². The van der Waals surface area contributed by atoms with Crippen LogP contribution in [0.25, 0.3) is 0 Å². The van der Waals surface area contributed by atoms with E-state index in [1.165, 1.54) is 0 Å². The summed E-state index contributed by atoms with van der Waals surface area (Å²) in [5, 5.41) is 4.08. The van der Waals surface area contributed by atoms with Crippen LogP contribution in [0.5, 0.6) is 0 Å². The SMILES string of the molecule is CC(NCCOCc1cccc(Cl)c1)c1ccco1. The lowest BCUT2D eigenvalue weighted by Gasteiger charge is -2.11.